The topological polar surface area (TPSA) is 52.3 Å². The van der Waals surface area contributed by atoms with Gasteiger partial charge in [-0.15, -0.1) is 0 Å². The van der Waals surface area contributed by atoms with E-state index >= 15 is 0 Å². The Morgan fingerprint density at radius 1 is 1.35 bits per heavy atom. The SMILES string of the molecule is Nc1cccc(Cl)c1C(=O)c1cc(Br)cc2c1OCC2. The average molecular weight is 353 g/mol. The van der Waals surface area contributed by atoms with Gasteiger partial charge in [-0.2, -0.15) is 0 Å². The van der Waals surface area contributed by atoms with Gasteiger partial charge in [-0.05, 0) is 29.8 Å². The first-order valence-electron chi connectivity index (χ1n) is 6.12. The van der Waals surface area contributed by atoms with E-state index in [1.54, 1.807) is 24.3 Å². The number of benzene rings is 2. The molecule has 1 aliphatic heterocycles. The molecule has 0 aliphatic carbocycles. The van der Waals surface area contributed by atoms with Crippen molar-refractivity contribution in [2.75, 3.05) is 12.3 Å². The van der Waals surface area contributed by atoms with Crippen molar-refractivity contribution < 1.29 is 9.53 Å². The molecule has 2 N–H and O–H groups in total. The number of hydrogen-bond donors (Lipinski definition) is 1. The van der Waals surface area contributed by atoms with Crippen molar-refractivity contribution in [2.45, 2.75) is 6.42 Å². The minimum absolute atomic E-state index is 0.215. The minimum Gasteiger partial charge on any atom is -0.492 e. The molecule has 0 fully saturated rings. The van der Waals surface area contributed by atoms with Crippen LogP contribution in [0, 0.1) is 0 Å². The van der Waals surface area contributed by atoms with Gasteiger partial charge < -0.3 is 10.5 Å². The van der Waals surface area contributed by atoms with Crippen LogP contribution >= 0.6 is 27.5 Å². The molecule has 3 nitrogen and oxygen atoms in total. The maximum Gasteiger partial charge on any atom is 0.200 e. The Kier molecular flexibility index (Phi) is 3.44. The third-order valence-electron chi connectivity index (χ3n) is 3.27. The van der Waals surface area contributed by atoms with Crippen molar-refractivity contribution >= 4 is 39.0 Å². The molecule has 5 heteroatoms. The summed E-state index contributed by atoms with van der Waals surface area (Å²) in [5.41, 5.74) is 8.09. The van der Waals surface area contributed by atoms with E-state index in [9.17, 15) is 4.79 Å². The minimum atomic E-state index is -0.215. The maximum absolute atomic E-state index is 12.7. The summed E-state index contributed by atoms with van der Waals surface area (Å²) >= 11 is 9.53. The fraction of sp³-hybridized carbons (Fsp3) is 0.133. The molecule has 0 bridgehead atoms. The van der Waals surface area contributed by atoms with Crippen LogP contribution in [0.5, 0.6) is 5.75 Å². The second-order valence-corrected chi connectivity index (χ2v) is 5.90. The molecule has 0 amide bonds. The number of ether oxygens (including phenoxy) is 1. The Morgan fingerprint density at radius 2 is 2.15 bits per heavy atom. The molecule has 2 aromatic carbocycles. The molecule has 0 radical (unpaired) electrons. The van der Waals surface area contributed by atoms with E-state index in [0.29, 0.717) is 34.2 Å². The number of nitrogen functional groups attached to an aromatic ring is 1. The number of rotatable bonds is 2. The van der Waals surface area contributed by atoms with Crippen LogP contribution in [0.2, 0.25) is 5.02 Å². The Balaban J connectivity index is 2.17. The van der Waals surface area contributed by atoms with Crippen molar-refractivity contribution in [3.8, 4) is 5.75 Å². The summed E-state index contributed by atoms with van der Waals surface area (Å²) in [6, 6.07) is 8.75. The molecule has 2 aromatic rings. The van der Waals surface area contributed by atoms with E-state index < -0.39 is 0 Å². The van der Waals surface area contributed by atoms with Gasteiger partial charge in [-0.3, -0.25) is 4.79 Å². The molecule has 102 valence electrons. The van der Waals surface area contributed by atoms with E-state index in [-0.39, 0.29) is 5.78 Å². The largest absolute Gasteiger partial charge is 0.492 e. The molecule has 1 aliphatic rings. The summed E-state index contributed by atoms with van der Waals surface area (Å²) in [5, 5.41) is 0.349. The van der Waals surface area contributed by atoms with Crippen molar-refractivity contribution in [3.63, 3.8) is 0 Å². The van der Waals surface area contributed by atoms with Crippen LogP contribution in [-0.2, 0) is 6.42 Å². The maximum atomic E-state index is 12.7. The van der Waals surface area contributed by atoms with Crippen LogP contribution in [0.15, 0.2) is 34.8 Å². The van der Waals surface area contributed by atoms with Gasteiger partial charge in [0.15, 0.2) is 5.78 Å². The third kappa shape index (κ3) is 2.19. The normalized spacial score (nSPS) is 12.9. The molecule has 3 rings (SSSR count). The van der Waals surface area contributed by atoms with E-state index in [2.05, 4.69) is 15.9 Å². The summed E-state index contributed by atoms with van der Waals surface area (Å²) in [6.07, 6.45) is 0.799. The van der Waals surface area contributed by atoms with Crippen LogP contribution in [-0.4, -0.2) is 12.4 Å². The molecule has 0 atom stereocenters. The lowest BCUT2D eigenvalue weighted by atomic mass is 9.98. The Bertz CT molecular complexity index is 695. The fourth-order valence-corrected chi connectivity index (χ4v) is 3.13. The first-order valence-corrected chi connectivity index (χ1v) is 7.29. The molecule has 1 heterocycles. The van der Waals surface area contributed by atoms with Gasteiger partial charge in [-0.1, -0.05) is 33.6 Å². The monoisotopic (exact) mass is 351 g/mol. The number of ketones is 1. The van der Waals surface area contributed by atoms with E-state index in [1.807, 2.05) is 6.07 Å². The second kappa shape index (κ2) is 5.11. The highest BCUT2D eigenvalue weighted by Crippen LogP contribution is 2.36. The lowest BCUT2D eigenvalue weighted by Crippen LogP contribution is -2.08. The highest BCUT2D eigenvalue weighted by molar-refractivity contribution is 9.10. The molecule has 20 heavy (non-hydrogen) atoms. The molecular formula is C15H11BrClNO2. The van der Waals surface area contributed by atoms with Crippen molar-refractivity contribution in [2.24, 2.45) is 0 Å². The van der Waals surface area contributed by atoms with Gasteiger partial charge in [-0.25, -0.2) is 0 Å². The highest BCUT2D eigenvalue weighted by Gasteiger charge is 2.25. The van der Waals surface area contributed by atoms with Crippen molar-refractivity contribution in [1.29, 1.82) is 0 Å². The van der Waals surface area contributed by atoms with Gasteiger partial charge >= 0.3 is 0 Å². The van der Waals surface area contributed by atoms with Gasteiger partial charge in [0.2, 0.25) is 0 Å². The quantitative estimate of drug-likeness (QED) is 0.660. The predicted octanol–water partition coefficient (Wildman–Crippen LogP) is 3.85. The first-order chi connectivity index (χ1) is 9.58. The lowest BCUT2D eigenvalue weighted by molar-refractivity contribution is 0.103. The average Bonchev–Trinajstić information content (AvgIpc) is 2.85. The zero-order valence-corrected chi connectivity index (χ0v) is 12.8. The van der Waals surface area contributed by atoms with E-state index in [0.717, 1.165) is 16.5 Å². The van der Waals surface area contributed by atoms with Crippen LogP contribution < -0.4 is 10.5 Å². The molecule has 0 unspecified atom stereocenters. The van der Waals surface area contributed by atoms with Gasteiger partial charge in [0, 0.05) is 16.6 Å². The van der Waals surface area contributed by atoms with Crippen LogP contribution in [0.3, 0.4) is 0 Å². The first kappa shape index (κ1) is 13.5. The lowest BCUT2D eigenvalue weighted by Gasteiger charge is -2.11. The molecule has 0 spiro atoms. The number of halogens is 2. The molecule has 0 saturated heterocycles. The van der Waals surface area contributed by atoms with Crippen LogP contribution in [0.4, 0.5) is 5.69 Å². The van der Waals surface area contributed by atoms with Gasteiger partial charge in [0.05, 0.1) is 22.8 Å². The predicted molar refractivity (Wildman–Crippen MR) is 82.6 cm³/mol. The summed E-state index contributed by atoms with van der Waals surface area (Å²) < 4.78 is 6.42. The summed E-state index contributed by atoms with van der Waals surface area (Å²) in [4.78, 5) is 12.7. The standard InChI is InChI=1S/C15H11BrClNO2/c16-9-6-8-4-5-20-15(8)10(7-9)14(19)13-11(17)2-1-3-12(13)18/h1-3,6-7H,4-5,18H2. The number of hydrogen-bond acceptors (Lipinski definition) is 3. The number of carbonyl (C=O) groups excluding carboxylic acids is 1. The van der Waals surface area contributed by atoms with Gasteiger partial charge in [0.25, 0.3) is 0 Å². The Morgan fingerprint density at radius 3 is 2.90 bits per heavy atom. The Labute approximate surface area is 129 Å². The van der Waals surface area contributed by atoms with E-state index in [1.165, 1.54) is 0 Å². The third-order valence-corrected chi connectivity index (χ3v) is 4.04. The van der Waals surface area contributed by atoms with Crippen molar-refractivity contribution in [1.82, 2.24) is 0 Å². The zero-order valence-electron chi connectivity index (χ0n) is 10.5. The molecular weight excluding hydrogens is 342 g/mol. The highest BCUT2D eigenvalue weighted by atomic mass is 79.9. The van der Waals surface area contributed by atoms with Crippen LogP contribution in [0.1, 0.15) is 21.5 Å². The summed E-state index contributed by atoms with van der Waals surface area (Å²) in [6.45, 7) is 0.587. The summed E-state index contributed by atoms with van der Waals surface area (Å²) in [5.74, 6) is 0.421. The number of carbonyl (C=O) groups is 1. The molecule has 0 aromatic heterocycles. The van der Waals surface area contributed by atoms with E-state index in [4.69, 9.17) is 22.1 Å². The number of nitrogens with two attached hydrogens (primary N) is 1. The smallest absolute Gasteiger partial charge is 0.200 e. The van der Waals surface area contributed by atoms with Crippen LogP contribution in [0.25, 0.3) is 0 Å². The summed E-state index contributed by atoms with van der Waals surface area (Å²) in [7, 11) is 0. The Hall–Kier alpha value is -1.52. The van der Waals surface area contributed by atoms with Crippen molar-refractivity contribution in [3.05, 3.63) is 56.5 Å². The molecule has 0 saturated carbocycles. The zero-order chi connectivity index (χ0) is 14.3. The number of anilines is 1. The second-order valence-electron chi connectivity index (χ2n) is 4.57. The fourth-order valence-electron chi connectivity index (χ4n) is 2.35. The van der Waals surface area contributed by atoms with Gasteiger partial charge in [0.1, 0.15) is 5.75 Å². The number of fused-ring (bicyclic) bond motifs is 1.